The second-order valence-corrected chi connectivity index (χ2v) is 6.01. The second kappa shape index (κ2) is 6.28. The second-order valence-electron chi connectivity index (χ2n) is 6.01. The summed E-state index contributed by atoms with van der Waals surface area (Å²) in [6, 6.07) is 8.94. The topological polar surface area (TPSA) is 54.3 Å². The molecule has 1 saturated heterocycles. The zero-order valence-electron chi connectivity index (χ0n) is 13.5. The van der Waals surface area contributed by atoms with Gasteiger partial charge >= 0.3 is 0 Å². The van der Waals surface area contributed by atoms with Crippen molar-refractivity contribution in [1.82, 2.24) is 4.57 Å². The summed E-state index contributed by atoms with van der Waals surface area (Å²) in [7, 11) is 1.66. The Morgan fingerprint density at radius 1 is 1.13 bits per heavy atom. The molecule has 0 bridgehead atoms. The summed E-state index contributed by atoms with van der Waals surface area (Å²) in [5, 5.41) is 2.86. The number of rotatable bonds is 3. The summed E-state index contributed by atoms with van der Waals surface area (Å²) in [6.45, 7) is 4.25. The van der Waals surface area contributed by atoms with Crippen molar-refractivity contribution in [3.63, 3.8) is 0 Å². The molecule has 3 rings (SSSR count). The lowest BCUT2D eigenvalue weighted by Crippen LogP contribution is -2.20. The Bertz CT molecular complexity index is 789. The van der Waals surface area contributed by atoms with Crippen molar-refractivity contribution in [3.05, 3.63) is 58.0 Å². The molecule has 2 aromatic rings. The van der Waals surface area contributed by atoms with Crippen molar-refractivity contribution in [3.8, 4) is 0 Å². The molecule has 5 heteroatoms. The average molecular weight is 311 g/mol. The number of carbonyl (C=O) groups excluding carboxylic acids is 1. The monoisotopic (exact) mass is 311 g/mol. The van der Waals surface area contributed by atoms with E-state index in [1.165, 1.54) is 29.2 Å². The van der Waals surface area contributed by atoms with Crippen molar-refractivity contribution >= 4 is 17.3 Å². The summed E-state index contributed by atoms with van der Waals surface area (Å²) in [5.41, 5.74) is 3.30. The molecule has 1 N–H and O–H groups in total. The first-order valence-corrected chi connectivity index (χ1v) is 7.88. The van der Waals surface area contributed by atoms with Gasteiger partial charge in [-0.3, -0.25) is 9.59 Å². The molecule has 1 fully saturated rings. The normalized spacial score (nSPS) is 14.1. The summed E-state index contributed by atoms with van der Waals surface area (Å²) < 4.78 is 1.44. The highest BCUT2D eigenvalue weighted by Crippen LogP contribution is 2.26. The molecule has 1 amide bonds. The van der Waals surface area contributed by atoms with Crippen LogP contribution >= 0.6 is 0 Å². The number of nitrogens with one attached hydrogen (secondary N) is 1. The standard InChI is InChI=1S/C18H21N3O2/c1-13-11-15(5-6-16(13)21-8-3-4-9-21)19-18(23)14-7-10-20(2)17(22)12-14/h5-7,10-12H,3-4,8-9H2,1-2H3,(H,19,23). The largest absolute Gasteiger partial charge is 0.371 e. The van der Waals surface area contributed by atoms with E-state index in [2.05, 4.69) is 23.2 Å². The number of aromatic nitrogens is 1. The van der Waals surface area contributed by atoms with E-state index in [-0.39, 0.29) is 11.5 Å². The molecule has 0 unspecified atom stereocenters. The maximum Gasteiger partial charge on any atom is 0.255 e. The third-order valence-electron chi connectivity index (χ3n) is 4.27. The highest BCUT2D eigenvalue weighted by atomic mass is 16.2. The van der Waals surface area contributed by atoms with Crippen LogP contribution in [0, 0.1) is 6.92 Å². The SMILES string of the molecule is Cc1cc(NC(=O)c2ccn(C)c(=O)c2)ccc1N1CCCC1. The van der Waals surface area contributed by atoms with Crippen molar-refractivity contribution in [1.29, 1.82) is 0 Å². The number of anilines is 2. The number of nitrogens with zero attached hydrogens (tertiary/aromatic N) is 2. The van der Waals surface area contributed by atoms with Gasteiger partial charge in [0.1, 0.15) is 0 Å². The lowest BCUT2D eigenvalue weighted by Gasteiger charge is -2.20. The molecule has 0 saturated carbocycles. The molecule has 1 aromatic heterocycles. The zero-order chi connectivity index (χ0) is 16.4. The van der Waals surface area contributed by atoms with Crippen LogP contribution in [0.4, 0.5) is 11.4 Å². The minimum absolute atomic E-state index is 0.196. The van der Waals surface area contributed by atoms with Crippen LogP contribution in [0.15, 0.2) is 41.3 Å². The quantitative estimate of drug-likeness (QED) is 0.948. The van der Waals surface area contributed by atoms with Crippen LogP contribution < -0.4 is 15.8 Å². The van der Waals surface area contributed by atoms with E-state index in [9.17, 15) is 9.59 Å². The van der Waals surface area contributed by atoms with E-state index in [4.69, 9.17) is 0 Å². The van der Waals surface area contributed by atoms with Gasteiger partial charge in [-0.2, -0.15) is 0 Å². The van der Waals surface area contributed by atoms with Crippen LogP contribution in [0.1, 0.15) is 28.8 Å². The van der Waals surface area contributed by atoms with Crippen molar-refractivity contribution in [2.75, 3.05) is 23.3 Å². The highest BCUT2D eigenvalue weighted by molar-refractivity contribution is 6.04. The fourth-order valence-electron chi connectivity index (χ4n) is 2.94. The number of aryl methyl sites for hydroxylation is 2. The predicted molar refractivity (Wildman–Crippen MR) is 92.3 cm³/mol. The van der Waals surface area contributed by atoms with Gasteiger partial charge in [0.05, 0.1) is 0 Å². The molecular weight excluding hydrogens is 290 g/mol. The minimum atomic E-state index is -0.268. The van der Waals surface area contributed by atoms with Gasteiger partial charge < -0.3 is 14.8 Å². The molecule has 0 radical (unpaired) electrons. The molecule has 0 spiro atoms. The molecule has 23 heavy (non-hydrogen) atoms. The molecule has 5 nitrogen and oxygen atoms in total. The summed E-state index contributed by atoms with van der Waals surface area (Å²) in [6.07, 6.45) is 4.07. The van der Waals surface area contributed by atoms with E-state index in [1.54, 1.807) is 19.3 Å². The van der Waals surface area contributed by atoms with Gasteiger partial charge in [0.15, 0.2) is 0 Å². The maximum atomic E-state index is 12.3. The number of hydrogen-bond donors (Lipinski definition) is 1. The van der Waals surface area contributed by atoms with Gasteiger partial charge in [0.2, 0.25) is 0 Å². The first-order valence-electron chi connectivity index (χ1n) is 7.88. The lowest BCUT2D eigenvalue weighted by molar-refractivity contribution is 0.102. The number of pyridine rings is 1. The smallest absolute Gasteiger partial charge is 0.255 e. The number of carbonyl (C=O) groups is 1. The molecule has 2 heterocycles. The minimum Gasteiger partial charge on any atom is -0.371 e. The first kappa shape index (κ1) is 15.3. The number of benzene rings is 1. The molecule has 120 valence electrons. The van der Waals surface area contributed by atoms with Gasteiger partial charge in [0, 0.05) is 49.3 Å². The van der Waals surface area contributed by atoms with Crippen LogP contribution in [0.25, 0.3) is 0 Å². The van der Waals surface area contributed by atoms with Crippen LogP contribution in [0.5, 0.6) is 0 Å². The first-order chi connectivity index (χ1) is 11.0. The van der Waals surface area contributed by atoms with Crippen LogP contribution in [-0.2, 0) is 7.05 Å². The Morgan fingerprint density at radius 3 is 2.52 bits per heavy atom. The van der Waals surface area contributed by atoms with E-state index in [0.717, 1.165) is 24.3 Å². The van der Waals surface area contributed by atoms with Gasteiger partial charge in [-0.1, -0.05) is 0 Å². The Balaban J connectivity index is 1.77. The summed E-state index contributed by atoms with van der Waals surface area (Å²) in [4.78, 5) is 26.3. The predicted octanol–water partition coefficient (Wildman–Crippen LogP) is 2.55. The fraction of sp³-hybridized carbons (Fsp3) is 0.333. The third-order valence-corrected chi connectivity index (χ3v) is 4.27. The van der Waals surface area contributed by atoms with E-state index < -0.39 is 0 Å². The van der Waals surface area contributed by atoms with E-state index in [1.807, 2.05) is 12.1 Å². The molecule has 1 aromatic carbocycles. The Morgan fingerprint density at radius 2 is 1.87 bits per heavy atom. The molecule has 1 aliphatic rings. The van der Waals surface area contributed by atoms with Crippen LogP contribution in [0.3, 0.4) is 0 Å². The van der Waals surface area contributed by atoms with E-state index >= 15 is 0 Å². The van der Waals surface area contributed by atoms with Crippen LogP contribution in [0.2, 0.25) is 0 Å². The maximum absolute atomic E-state index is 12.3. The summed E-state index contributed by atoms with van der Waals surface area (Å²) >= 11 is 0. The Labute approximate surface area is 135 Å². The molecule has 0 atom stereocenters. The van der Waals surface area contributed by atoms with Gasteiger partial charge in [0.25, 0.3) is 11.5 Å². The number of hydrogen-bond acceptors (Lipinski definition) is 3. The zero-order valence-corrected chi connectivity index (χ0v) is 13.5. The Hall–Kier alpha value is -2.56. The molecule has 0 aliphatic carbocycles. The van der Waals surface area contributed by atoms with Crippen LogP contribution in [-0.4, -0.2) is 23.6 Å². The van der Waals surface area contributed by atoms with E-state index in [0.29, 0.717) is 5.56 Å². The highest BCUT2D eigenvalue weighted by Gasteiger charge is 2.15. The fourth-order valence-corrected chi connectivity index (χ4v) is 2.94. The summed E-state index contributed by atoms with van der Waals surface area (Å²) in [5.74, 6) is -0.268. The third kappa shape index (κ3) is 3.28. The molecule has 1 aliphatic heterocycles. The molecular formula is C18H21N3O2. The van der Waals surface area contributed by atoms with Crippen molar-refractivity contribution < 1.29 is 4.79 Å². The van der Waals surface area contributed by atoms with Gasteiger partial charge in [-0.25, -0.2) is 0 Å². The van der Waals surface area contributed by atoms with Crippen molar-refractivity contribution in [2.24, 2.45) is 7.05 Å². The lowest BCUT2D eigenvalue weighted by atomic mass is 10.1. The van der Waals surface area contributed by atoms with Gasteiger partial charge in [-0.15, -0.1) is 0 Å². The number of amides is 1. The van der Waals surface area contributed by atoms with Gasteiger partial charge in [-0.05, 0) is 49.6 Å². The Kier molecular flexibility index (Phi) is 4.19. The van der Waals surface area contributed by atoms with Crippen molar-refractivity contribution in [2.45, 2.75) is 19.8 Å². The average Bonchev–Trinajstić information content (AvgIpc) is 3.04.